The molecule has 0 aliphatic rings. The van der Waals surface area contributed by atoms with E-state index in [-0.39, 0.29) is 40.7 Å². The third kappa shape index (κ3) is 4.57. The second-order valence-corrected chi connectivity index (χ2v) is 6.03. The van der Waals surface area contributed by atoms with E-state index in [0.29, 0.717) is 18.7 Å². The Labute approximate surface area is 136 Å². The van der Waals surface area contributed by atoms with Gasteiger partial charge in [-0.05, 0) is 30.5 Å². The minimum Gasteiger partial charge on any atom is -0.393 e. The fourth-order valence-corrected chi connectivity index (χ4v) is 2.09. The van der Waals surface area contributed by atoms with Crippen LogP contribution in [-0.2, 0) is 0 Å². The van der Waals surface area contributed by atoms with Crippen LogP contribution in [0.4, 0.5) is 11.4 Å². The van der Waals surface area contributed by atoms with Gasteiger partial charge in [0.25, 0.3) is 11.6 Å². The van der Waals surface area contributed by atoms with Gasteiger partial charge < -0.3 is 16.4 Å². The summed E-state index contributed by atoms with van der Waals surface area (Å²) in [5.41, 5.74) is 11.6. The molecule has 1 aromatic rings. The van der Waals surface area contributed by atoms with Crippen molar-refractivity contribution in [3.63, 3.8) is 0 Å². The van der Waals surface area contributed by atoms with Crippen LogP contribution in [0.25, 0.3) is 0 Å². The summed E-state index contributed by atoms with van der Waals surface area (Å²) < 4.78 is 0. The van der Waals surface area contributed by atoms with Gasteiger partial charge in [-0.2, -0.15) is 0 Å². The Morgan fingerprint density at radius 2 is 1.95 bits per heavy atom. The maximum atomic E-state index is 12.5. The summed E-state index contributed by atoms with van der Waals surface area (Å²) in [6.07, 6.45) is 0. The van der Waals surface area contributed by atoms with E-state index in [1.165, 1.54) is 11.0 Å². The summed E-state index contributed by atoms with van der Waals surface area (Å²) in [7, 11) is 1.63. The smallest absolute Gasteiger partial charge is 0.293 e. The molecule has 4 N–H and O–H groups in total. The summed E-state index contributed by atoms with van der Waals surface area (Å²) in [4.78, 5) is 24.4. The van der Waals surface area contributed by atoms with E-state index in [4.69, 9.17) is 11.5 Å². The number of carbonyl (C=O) groups is 1. The number of benzene rings is 1. The summed E-state index contributed by atoms with van der Waals surface area (Å²) in [6, 6.07) is 2.92. The number of hydrogen-bond acceptors (Lipinski definition) is 5. The molecule has 0 saturated heterocycles. The molecule has 7 nitrogen and oxygen atoms in total. The number of halogens is 1. The quantitative estimate of drug-likeness (QED) is 0.486. The lowest BCUT2D eigenvalue weighted by atomic mass is 9.93. The first kappa shape index (κ1) is 20.1. The Hall–Kier alpha value is -1.86. The standard InChI is InChI=1S/C14H22N4O3.ClH/c1-9-5-10(12(16)11(6-9)18(20)21)13(19)17(4)8-14(2,3)7-15;/h5-6H,7-8,15-16H2,1-4H3;1H. The van der Waals surface area contributed by atoms with Crippen molar-refractivity contribution >= 4 is 29.7 Å². The molecule has 0 unspecified atom stereocenters. The normalized spacial score (nSPS) is 10.8. The van der Waals surface area contributed by atoms with Crippen LogP contribution >= 0.6 is 12.4 Å². The topological polar surface area (TPSA) is 115 Å². The summed E-state index contributed by atoms with van der Waals surface area (Å²) in [5.74, 6) is -0.346. The minimum atomic E-state index is -0.580. The highest BCUT2D eigenvalue weighted by atomic mass is 35.5. The van der Waals surface area contributed by atoms with Gasteiger partial charge in [-0.25, -0.2) is 0 Å². The van der Waals surface area contributed by atoms with Gasteiger partial charge in [0, 0.05) is 19.7 Å². The molecule has 1 rings (SSSR count). The number of anilines is 1. The molecule has 0 bridgehead atoms. The zero-order valence-electron chi connectivity index (χ0n) is 13.3. The molecule has 0 fully saturated rings. The van der Waals surface area contributed by atoms with Crippen molar-refractivity contribution in [2.75, 3.05) is 25.9 Å². The van der Waals surface area contributed by atoms with Gasteiger partial charge >= 0.3 is 0 Å². The monoisotopic (exact) mass is 330 g/mol. The molecule has 1 aromatic carbocycles. The third-order valence-electron chi connectivity index (χ3n) is 3.29. The number of nitro benzene ring substituents is 1. The number of nitrogen functional groups attached to an aromatic ring is 1. The predicted octanol–water partition coefficient (Wildman–Crippen LogP) is 1.96. The van der Waals surface area contributed by atoms with Crippen LogP contribution in [-0.4, -0.2) is 35.9 Å². The molecule has 1 amide bonds. The highest BCUT2D eigenvalue weighted by molar-refractivity contribution is 6.01. The van der Waals surface area contributed by atoms with E-state index < -0.39 is 4.92 Å². The maximum absolute atomic E-state index is 12.5. The molecule has 0 aliphatic heterocycles. The number of carbonyl (C=O) groups excluding carboxylic acids is 1. The molecular weight excluding hydrogens is 308 g/mol. The Balaban J connectivity index is 0.00000441. The summed E-state index contributed by atoms with van der Waals surface area (Å²) in [6.45, 7) is 6.43. The minimum absolute atomic E-state index is 0. The van der Waals surface area contributed by atoms with Gasteiger partial charge in [0.15, 0.2) is 0 Å². The lowest BCUT2D eigenvalue weighted by Crippen LogP contribution is -2.40. The van der Waals surface area contributed by atoms with E-state index >= 15 is 0 Å². The van der Waals surface area contributed by atoms with Crippen LogP contribution in [0, 0.1) is 22.5 Å². The zero-order chi connectivity index (χ0) is 16.4. The van der Waals surface area contributed by atoms with Crippen LogP contribution < -0.4 is 11.5 Å². The number of rotatable bonds is 5. The van der Waals surface area contributed by atoms with Gasteiger partial charge in [-0.1, -0.05) is 13.8 Å². The molecule has 0 radical (unpaired) electrons. The number of aryl methyl sites for hydroxylation is 1. The average molecular weight is 331 g/mol. The Morgan fingerprint density at radius 1 is 1.41 bits per heavy atom. The molecule has 124 valence electrons. The number of nitro groups is 1. The van der Waals surface area contributed by atoms with Crippen LogP contribution in [0.5, 0.6) is 0 Å². The second-order valence-electron chi connectivity index (χ2n) is 6.03. The molecule has 0 aliphatic carbocycles. The Kier molecular flexibility index (Phi) is 6.79. The molecule has 0 saturated carbocycles. The molecule has 0 atom stereocenters. The molecule has 22 heavy (non-hydrogen) atoms. The van der Waals surface area contributed by atoms with E-state index in [1.807, 2.05) is 13.8 Å². The van der Waals surface area contributed by atoms with E-state index in [0.717, 1.165) is 0 Å². The largest absolute Gasteiger partial charge is 0.393 e. The third-order valence-corrected chi connectivity index (χ3v) is 3.29. The van der Waals surface area contributed by atoms with E-state index in [9.17, 15) is 14.9 Å². The second kappa shape index (κ2) is 7.42. The fraction of sp³-hybridized carbons (Fsp3) is 0.500. The first-order chi connectivity index (χ1) is 9.59. The first-order valence-corrected chi connectivity index (χ1v) is 6.59. The van der Waals surface area contributed by atoms with Crippen molar-refractivity contribution in [3.05, 3.63) is 33.4 Å². The fourth-order valence-electron chi connectivity index (χ4n) is 2.09. The molecule has 8 heteroatoms. The number of hydrogen-bond donors (Lipinski definition) is 2. The van der Waals surface area contributed by atoms with E-state index in [1.54, 1.807) is 20.0 Å². The lowest BCUT2D eigenvalue weighted by molar-refractivity contribution is -0.384. The first-order valence-electron chi connectivity index (χ1n) is 6.59. The molecular formula is C14H23ClN4O3. The Morgan fingerprint density at radius 3 is 2.41 bits per heavy atom. The summed E-state index contributed by atoms with van der Waals surface area (Å²) >= 11 is 0. The zero-order valence-corrected chi connectivity index (χ0v) is 14.1. The van der Waals surface area contributed by atoms with Crippen molar-refractivity contribution < 1.29 is 9.72 Å². The van der Waals surface area contributed by atoms with Gasteiger partial charge in [0.2, 0.25) is 0 Å². The van der Waals surface area contributed by atoms with Crippen LogP contribution in [0.1, 0.15) is 29.8 Å². The van der Waals surface area contributed by atoms with Crippen LogP contribution in [0.2, 0.25) is 0 Å². The Bertz CT molecular complexity index is 575. The molecule has 0 aromatic heterocycles. The average Bonchev–Trinajstić information content (AvgIpc) is 2.39. The molecule has 0 heterocycles. The van der Waals surface area contributed by atoms with Gasteiger partial charge in [0.1, 0.15) is 5.69 Å². The van der Waals surface area contributed by atoms with Crippen molar-refractivity contribution in [1.29, 1.82) is 0 Å². The van der Waals surface area contributed by atoms with Crippen molar-refractivity contribution in [2.45, 2.75) is 20.8 Å². The summed E-state index contributed by atoms with van der Waals surface area (Å²) in [5, 5.41) is 11.0. The van der Waals surface area contributed by atoms with E-state index in [2.05, 4.69) is 0 Å². The van der Waals surface area contributed by atoms with Crippen LogP contribution in [0.3, 0.4) is 0 Å². The van der Waals surface area contributed by atoms with Gasteiger partial charge in [0.05, 0.1) is 10.5 Å². The van der Waals surface area contributed by atoms with Gasteiger partial charge in [-0.3, -0.25) is 14.9 Å². The number of nitrogens with two attached hydrogens (primary N) is 2. The molecule has 0 spiro atoms. The number of amides is 1. The number of nitrogens with zero attached hydrogens (tertiary/aromatic N) is 2. The highest BCUT2D eigenvalue weighted by Gasteiger charge is 2.26. The van der Waals surface area contributed by atoms with Crippen molar-refractivity contribution in [3.8, 4) is 0 Å². The lowest BCUT2D eigenvalue weighted by Gasteiger charge is -2.29. The van der Waals surface area contributed by atoms with Crippen LogP contribution in [0.15, 0.2) is 12.1 Å². The van der Waals surface area contributed by atoms with Crippen molar-refractivity contribution in [1.82, 2.24) is 4.90 Å². The highest BCUT2D eigenvalue weighted by Crippen LogP contribution is 2.28. The maximum Gasteiger partial charge on any atom is 0.293 e. The SMILES string of the molecule is Cc1cc(C(=O)N(C)CC(C)(C)CN)c(N)c([N+](=O)[O-])c1.Cl. The predicted molar refractivity (Wildman–Crippen MR) is 89.3 cm³/mol. The van der Waals surface area contributed by atoms with Gasteiger partial charge in [-0.15, -0.1) is 12.4 Å². The van der Waals surface area contributed by atoms with Crippen molar-refractivity contribution in [2.24, 2.45) is 11.1 Å².